The van der Waals surface area contributed by atoms with Crippen LogP contribution in [0, 0.1) is 0 Å². The molecule has 2 aromatic carbocycles. The third-order valence-corrected chi connectivity index (χ3v) is 8.19. The highest BCUT2D eigenvalue weighted by Crippen LogP contribution is 2.31. The molecule has 1 aliphatic heterocycles. The van der Waals surface area contributed by atoms with Crippen LogP contribution in [0.1, 0.15) is 48.0 Å². The molecule has 0 aromatic heterocycles. The van der Waals surface area contributed by atoms with Crippen molar-refractivity contribution in [2.45, 2.75) is 48.7 Å². The average Bonchev–Trinajstić information content (AvgIpc) is 2.71. The Kier molecular flexibility index (Phi) is 4.81. The van der Waals surface area contributed by atoms with Crippen molar-refractivity contribution in [3.8, 4) is 11.1 Å². The van der Waals surface area contributed by atoms with Gasteiger partial charge < -0.3 is 4.90 Å². The zero-order chi connectivity index (χ0) is 19.0. The minimum absolute atomic E-state index is 0.0506. The highest BCUT2D eigenvalue weighted by Gasteiger charge is 2.29. The summed E-state index contributed by atoms with van der Waals surface area (Å²) in [4.78, 5) is 14.6. The third kappa shape index (κ3) is 3.41. The molecule has 5 heteroatoms. The Hall–Kier alpha value is -2.14. The van der Waals surface area contributed by atoms with Gasteiger partial charge in [0.2, 0.25) is 0 Å². The number of carbonyl (C=O) groups is 1. The summed E-state index contributed by atoms with van der Waals surface area (Å²) in [6.07, 6.45) is 5.54. The maximum Gasteiger partial charge on any atom is 0.253 e. The van der Waals surface area contributed by atoms with Crippen LogP contribution in [0.3, 0.4) is 0 Å². The Morgan fingerprint density at radius 3 is 2.30 bits per heavy atom. The van der Waals surface area contributed by atoms with Gasteiger partial charge in [0.15, 0.2) is 9.84 Å². The van der Waals surface area contributed by atoms with Crippen molar-refractivity contribution in [3.05, 3.63) is 53.6 Å². The second kappa shape index (κ2) is 7.12. The largest absolute Gasteiger partial charge is 0.341 e. The first-order valence-electron chi connectivity index (χ1n) is 9.69. The lowest BCUT2D eigenvalue weighted by molar-refractivity contribution is 0.0781. The molecule has 0 bridgehead atoms. The molecule has 1 amide bonds. The summed E-state index contributed by atoms with van der Waals surface area (Å²) in [6, 6.07) is 13.1. The zero-order valence-corrected chi connectivity index (χ0v) is 16.5. The first-order valence-corrected chi connectivity index (χ1v) is 11.2. The second-order valence-electron chi connectivity index (χ2n) is 7.68. The maximum atomic E-state index is 12.9. The molecule has 4 nitrogen and oxygen atoms in total. The molecule has 1 saturated carbocycles. The molecule has 0 unspecified atom stereocenters. The topological polar surface area (TPSA) is 54.5 Å². The fourth-order valence-electron chi connectivity index (χ4n) is 4.17. The van der Waals surface area contributed by atoms with Crippen molar-refractivity contribution in [2.75, 3.05) is 13.6 Å². The SMILES string of the molecule is CN1CCc2ccc(-c3ccc(S(=O)(=O)C4CCCCC4)cc3)cc2C1=O. The molecule has 1 aliphatic carbocycles. The Morgan fingerprint density at radius 1 is 0.926 bits per heavy atom. The highest BCUT2D eigenvalue weighted by molar-refractivity contribution is 7.92. The molecular weight excluding hydrogens is 358 g/mol. The molecule has 0 atom stereocenters. The van der Waals surface area contributed by atoms with Crippen LogP contribution >= 0.6 is 0 Å². The maximum absolute atomic E-state index is 12.9. The summed E-state index contributed by atoms with van der Waals surface area (Å²) in [6.45, 7) is 0.749. The van der Waals surface area contributed by atoms with Crippen molar-refractivity contribution >= 4 is 15.7 Å². The number of fused-ring (bicyclic) bond motifs is 1. The van der Waals surface area contributed by atoms with Crippen molar-refractivity contribution < 1.29 is 13.2 Å². The number of rotatable bonds is 3. The lowest BCUT2D eigenvalue weighted by atomic mass is 9.94. The number of hydrogen-bond acceptors (Lipinski definition) is 3. The molecule has 0 radical (unpaired) electrons. The van der Waals surface area contributed by atoms with Crippen LogP contribution in [0.4, 0.5) is 0 Å². The van der Waals surface area contributed by atoms with E-state index in [0.717, 1.165) is 67.3 Å². The minimum atomic E-state index is -3.25. The van der Waals surface area contributed by atoms with Gasteiger partial charge in [-0.15, -0.1) is 0 Å². The molecule has 4 rings (SSSR count). The summed E-state index contributed by atoms with van der Waals surface area (Å²) < 4.78 is 25.7. The predicted molar refractivity (Wildman–Crippen MR) is 107 cm³/mol. The molecule has 0 saturated heterocycles. The molecule has 0 N–H and O–H groups in total. The number of nitrogens with zero attached hydrogens (tertiary/aromatic N) is 1. The van der Waals surface area contributed by atoms with Crippen LogP contribution in [0.15, 0.2) is 47.4 Å². The molecule has 142 valence electrons. The first kappa shape index (κ1) is 18.2. The van der Waals surface area contributed by atoms with Gasteiger partial charge in [-0.1, -0.05) is 43.5 Å². The van der Waals surface area contributed by atoms with Crippen LogP contribution in [-0.2, 0) is 16.3 Å². The predicted octanol–water partition coefficient (Wildman–Crippen LogP) is 4.09. The van der Waals surface area contributed by atoms with Crippen molar-refractivity contribution in [1.82, 2.24) is 4.90 Å². The molecule has 1 heterocycles. The summed E-state index contributed by atoms with van der Waals surface area (Å²) in [5, 5.41) is -0.242. The van der Waals surface area contributed by atoms with Crippen molar-refractivity contribution in [2.24, 2.45) is 0 Å². The van der Waals surface area contributed by atoms with Gasteiger partial charge in [0.05, 0.1) is 10.1 Å². The minimum Gasteiger partial charge on any atom is -0.341 e. The van der Waals surface area contributed by atoms with Crippen molar-refractivity contribution in [1.29, 1.82) is 0 Å². The van der Waals surface area contributed by atoms with Gasteiger partial charge in [-0.25, -0.2) is 8.42 Å². The fraction of sp³-hybridized carbons (Fsp3) is 0.409. The number of benzene rings is 2. The Labute approximate surface area is 161 Å². The van der Waals surface area contributed by atoms with Gasteiger partial charge in [0.25, 0.3) is 5.91 Å². The monoisotopic (exact) mass is 383 g/mol. The van der Waals surface area contributed by atoms with E-state index in [0.29, 0.717) is 4.90 Å². The van der Waals surface area contributed by atoms with Gasteiger partial charge in [-0.05, 0) is 54.2 Å². The van der Waals surface area contributed by atoms with E-state index in [4.69, 9.17) is 0 Å². The lowest BCUT2D eigenvalue weighted by Gasteiger charge is -2.25. The molecular formula is C22H25NO3S. The van der Waals surface area contributed by atoms with Gasteiger partial charge in [-0.2, -0.15) is 0 Å². The number of hydrogen-bond donors (Lipinski definition) is 0. The van der Waals surface area contributed by atoms with E-state index in [2.05, 4.69) is 0 Å². The third-order valence-electron chi connectivity index (χ3n) is 5.91. The number of sulfone groups is 1. The average molecular weight is 384 g/mol. The van der Waals surface area contributed by atoms with Crippen molar-refractivity contribution in [3.63, 3.8) is 0 Å². The van der Waals surface area contributed by atoms with Crippen LogP contribution in [0.2, 0.25) is 0 Å². The van der Waals surface area contributed by atoms with E-state index in [1.54, 1.807) is 17.0 Å². The fourth-order valence-corrected chi connectivity index (χ4v) is 6.03. The van der Waals surface area contributed by atoms with Gasteiger partial charge in [0.1, 0.15) is 0 Å². The van der Waals surface area contributed by atoms with E-state index in [9.17, 15) is 13.2 Å². The summed E-state index contributed by atoms with van der Waals surface area (Å²) in [5.74, 6) is 0.0506. The van der Waals surface area contributed by atoms with Crippen LogP contribution in [0.5, 0.6) is 0 Å². The standard InChI is InChI=1S/C22H25NO3S/c1-23-14-13-17-7-8-18(15-21(17)22(23)24)16-9-11-20(12-10-16)27(25,26)19-5-3-2-4-6-19/h7-12,15,19H,2-6,13-14H2,1H3. The lowest BCUT2D eigenvalue weighted by Crippen LogP contribution is -2.34. The summed E-state index contributed by atoms with van der Waals surface area (Å²) in [5.41, 5.74) is 3.71. The van der Waals surface area contributed by atoms with E-state index < -0.39 is 9.84 Å². The van der Waals surface area contributed by atoms with Gasteiger partial charge in [0, 0.05) is 19.2 Å². The Morgan fingerprint density at radius 2 is 1.59 bits per heavy atom. The first-order chi connectivity index (χ1) is 13.0. The van der Waals surface area contributed by atoms with Gasteiger partial charge in [-0.3, -0.25) is 4.79 Å². The molecule has 0 spiro atoms. The van der Waals surface area contributed by atoms with E-state index in [-0.39, 0.29) is 11.2 Å². The van der Waals surface area contributed by atoms with Crippen LogP contribution < -0.4 is 0 Å². The molecule has 27 heavy (non-hydrogen) atoms. The summed E-state index contributed by atoms with van der Waals surface area (Å²) in [7, 11) is -1.43. The second-order valence-corrected chi connectivity index (χ2v) is 9.91. The quantitative estimate of drug-likeness (QED) is 0.802. The van der Waals surface area contributed by atoms with E-state index >= 15 is 0 Å². The van der Waals surface area contributed by atoms with E-state index in [1.807, 2.05) is 37.4 Å². The zero-order valence-electron chi connectivity index (χ0n) is 15.6. The smallest absolute Gasteiger partial charge is 0.253 e. The number of carbonyl (C=O) groups excluding carboxylic acids is 1. The number of likely N-dealkylation sites (N-methyl/N-ethyl adjacent to an activating group) is 1. The molecule has 2 aromatic rings. The normalized spacial score (nSPS) is 18.4. The summed E-state index contributed by atoms with van der Waals surface area (Å²) >= 11 is 0. The Balaban J connectivity index is 1.62. The van der Waals surface area contributed by atoms with Crippen LogP contribution in [0.25, 0.3) is 11.1 Å². The van der Waals surface area contributed by atoms with E-state index in [1.165, 1.54) is 0 Å². The highest BCUT2D eigenvalue weighted by atomic mass is 32.2. The van der Waals surface area contributed by atoms with Crippen LogP contribution in [-0.4, -0.2) is 38.1 Å². The Bertz CT molecular complexity index is 958. The molecule has 1 fully saturated rings. The molecule has 2 aliphatic rings. The number of amides is 1. The van der Waals surface area contributed by atoms with Gasteiger partial charge >= 0.3 is 0 Å².